The minimum Gasteiger partial charge on any atom is -0.476 e. The van der Waals surface area contributed by atoms with E-state index in [-0.39, 0.29) is 17.2 Å². The van der Waals surface area contributed by atoms with Gasteiger partial charge in [-0.3, -0.25) is 5.10 Å². The Hall–Kier alpha value is -1.37. The van der Waals surface area contributed by atoms with Crippen molar-refractivity contribution in [2.45, 2.75) is 25.2 Å². The summed E-state index contributed by atoms with van der Waals surface area (Å²) >= 11 is 0. The van der Waals surface area contributed by atoms with Gasteiger partial charge < -0.3 is 5.11 Å². The predicted molar refractivity (Wildman–Crippen MR) is 60.8 cm³/mol. The first-order valence-electron chi connectivity index (χ1n) is 5.32. The standard InChI is InChI=1S/C10H14N2O4S/c1-10(3-2-4-17(15,16)6-10)8-5-7(9(13)14)11-12-8/h5H,2-4,6H2,1H3,(H,11,12)(H,13,14). The summed E-state index contributed by atoms with van der Waals surface area (Å²) in [6.07, 6.45) is 1.31. The summed E-state index contributed by atoms with van der Waals surface area (Å²) in [5.74, 6) is -0.862. The highest BCUT2D eigenvalue weighted by molar-refractivity contribution is 7.91. The highest BCUT2D eigenvalue weighted by atomic mass is 32.2. The first-order chi connectivity index (χ1) is 7.82. The largest absolute Gasteiger partial charge is 0.476 e. The lowest BCUT2D eigenvalue weighted by Crippen LogP contribution is -2.37. The second-order valence-electron chi connectivity index (χ2n) is 4.73. The molecule has 2 heterocycles. The maximum absolute atomic E-state index is 11.6. The molecule has 0 amide bonds. The number of hydrogen-bond donors (Lipinski definition) is 2. The minimum atomic E-state index is -3.04. The van der Waals surface area contributed by atoms with Crippen molar-refractivity contribution in [3.8, 4) is 0 Å². The summed E-state index contributed by atoms with van der Waals surface area (Å²) in [5.41, 5.74) is -0.0556. The molecule has 0 aliphatic carbocycles. The SMILES string of the molecule is CC1(c2cc(C(=O)O)n[nH]2)CCCS(=O)(=O)C1. The molecule has 0 bridgehead atoms. The Balaban J connectivity index is 2.34. The number of H-pyrrole nitrogens is 1. The normalized spacial score (nSPS) is 27.8. The van der Waals surface area contributed by atoms with Crippen LogP contribution in [0.1, 0.15) is 35.9 Å². The zero-order valence-electron chi connectivity index (χ0n) is 9.43. The van der Waals surface area contributed by atoms with Crippen molar-refractivity contribution in [2.75, 3.05) is 11.5 Å². The van der Waals surface area contributed by atoms with E-state index in [9.17, 15) is 13.2 Å². The van der Waals surface area contributed by atoms with Crippen LogP contribution < -0.4 is 0 Å². The first-order valence-corrected chi connectivity index (χ1v) is 7.14. The van der Waals surface area contributed by atoms with Crippen molar-refractivity contribution in [3.05, 3.63) is 17.5 Å². The lowest BCUT2D eigenvalue weighted by molar-refractivity contribution is 0.0690. The second kappa shape index (κ2) is 3.83. The number of carbonyl (C=O) groups is 1. The van der Waals surface area contributed by atoms with Crippen molar-refractivity contribution in [3.63, 3.8) is 0 Å². The first kappa shape index (κ1) is 12.1. The Morgan fingerprint density at radius 3 is 2.82 bits per heavy atom. The van der Waals surface area contributed by atoms with E-state index in [2.05, 4.69) is 10.2 Å². The summed E-state index contributed by atoms with van der Waals surface area (Å²) in [7, 11) is -3.04. The van der Waals surface area contributed by atoms with Crippen LogP contribution in [0.2, 0.25) is 0 Å². The van der Waals surface area contributed by atoms with E-state index in [1.807, 2.05) is 6.92 Å². The predicted octanol–water partition coefficient (Wildman–Crippen LogP) is 0.574. The van der Waals surface area contributed by atoms with E-state index in [0.717, 1.165) is 0 Å². The molecule has 2 N–H and O–H groups in total. The van der Waals surface area contributed by atoms with Gasteiger partial charge in [0.05, 0.1) is 11.5 Å². The molecule has 1 aromatic heterocycles. The maximum Gasteiger partial charge on any atom is 0.356 e. The Morgan fingerprint density at radius 2 is 2.29 bits per heavy atom. The smallest absolute Gasteiger partial charge is 0.356 e. The molecule has 6 nitrogen and oxygen atoms in total. The molecule has 1 unspecified atom stereocenters. The molecule has 0 saturated carbocycles. The average molecular weight is 258 g/mol. The zero-order chi connectivity index (χ0) is 12.7. The van der Waals surface area contributed by atoms with Gasteiger partial charge in [-0.05, 0) is 18.9 Å². The molecule has 94 valence electrons. The fraction of sp³-hybridized carbons (Fsp3) is 0.600. The van der Waals surface area contributed by atoms with E-state index in [0.29, 0.717) is 18.5 Å². The number of sulfone groups is 1. The van der Waals surface area contributed by atoms with Crippen molar-refractivity contribution in [1.29, 1.82) is 0 Å². The number of nitrogens with one attached hydrogen (secondary N) is 1. The van der Waals surface area contributed by atoms with Gasteiger partial charge in [-0.1, -0.05) is 6.92 Å². The van der Waals surface area contributed by atoms with Crippen LogP contribution in [0.5, 0.6) is 0 Å². The molecule has 1 fully saturated rings. The summed E-state index contributed by atoms with van der Waals surface area (Å²) in [4.78, 5) is 10.7. The number of aromatic nitrogens is 2. The van der Waals surface area contributed by atoms with E-state index >= 15 is 0 Å². The second-order valence-corrected chi connectivity index (χ2v) is 6.91. The Bertz CT molecular complexity index is 548. The van der Waals surface area contributed by atoms with Gasteiger partial charge in [-0.2, -0.15) is 5.10 Å². The Labute approximate surface area is 99.0 Å². The molecule has 0 aromatic carbocycles. The molecule has 17 heavy (non-hydrogen) atoms. The molecule has 1 saturated heterocycles. The monoisotopic (exact) mass is 258 g/mol. The molecular weight excluding hydrogens is 244 g/mol. The van der Waals surface area contributed by atoms with Gasteiger partial charge in [0, 0.05) is 11.1 Å². The fourth-order valence-corrected chi connectivity index (χ4v) is 4.26. The van der Waals surface area contributed by atoms with Gasteiger partial charge in [-0.15, -0.1) is 0 Å². The zero-order valence-corrected chi connectivity index (χ0v) is 10.2. The third kappa shape index (κ3) is 2.33. The van der Waals surface area contributed by atoms with Crippen LogP contribution in [0.25, 0.3) is 0 Å². The van der Waals surface area contributed by atoms with Gasteiger partial charge in [0.2, 0.25) is 0 Å². The topological polar surface area (TPSA) is 100 Å². The van der Waals surface area contributed by atoms with Gasteiger partial charge >= 0.3 is 5.97 Å². The third-order valence-corrected chi connectivity index (χ3v) is 5.16. The van der Waals surface area contributed by atoms with Crippen molar-refractivity contribution < 1.29 is 18.3 Å². The number of carboxylic acid groups (broad SMARTS) is 1. The van der Waals surface area contributed by atoms with E-state index in [1.54, 1.807) is 0 Å². The Kier molecular flexibility index (Phi) is 2.73. The van der Waals surface area contributed by atoms with Crippen LogP contribution in [0, 0.1) is 0 Å². The number of carboxylic acids is 1. The number of nitrogens with zero attached hydrogens (tertiary/aromatic N) is 1. The molecular formula is C10H14N2O4S. The highest BCUT2D eigenvalue weighted by Crippen LogP contribution is 2.33. The lowest BCUT2D eigenvalue weighted by Gasteiger charge is -2.31. The van der Waals surface area contributed by atoms with Crippen molar-refractivity contribution in [1.82, 2.24) is 10.2 Å². The summed E-state index contributed by atoms with van der Waals surface area (Å²) in [6.45, 7) is 1.82. The molecule has 1 aromatic rings. The summed E-state index contributed by atoms with van der Waals surface area (Å²) in [6, 6.07) is 1.42. The van der Waals surface area contributed by atoms with Crippen LogP contribution in [-0.2, 0) is 15.3 Å². The van der Waals surface area contributed by atoms with E-state index < -0.39 is 21.2 Å². The van der Waals surface area contributed by atoms with Crippen LogP contribution in [0.15, 0.2) is 6.07 Å². The number of rotatable bonds is 2. The number of aromatic amines is 1. The molecule has 0 spiro atoms. The molecule has 7 heteroatoms. The molecule has 1 aliphatic rings. The summed E-state index contributed by atoms with van der Waals surface area (Å²) in [5, 5.41) is 15.1. The van der Waals surface area contributed by atoms with Crippen LogP contribution in [0.4, 0.5) is 0 Å². The molecule has 1 aliphatic heterocycles. The van der Waals surface area contributed by atoms with Crippen molar-refractivity contribution >= 4 is 15.8 Å². The minimum absolute atomic E-state index is 0.0429. The number of hydrogen-bond acceptors (Lipinski definition) is 4. The van der Waals surface area contributed by atoms with Crippen LogP contribution in [0.3, 0.4) is 0 Å². The van der Waals surface area contributed by atoms with Gasteiger partial charge in [-0.25, -0.2) is 13.2 Å². The highest BCUT2D eigenvalue weighted by Gasteiger charge is 2.38. The van der Waals surface area contributed by atoms with E-state index in [1.165, 1.54) is 6.07 Å². The van der Waals surface area contributed by atoms with Crippen molar-refractivity contribution in [2.24, 2.45) is 0 Å². The van der Waals surface area contributed by atoms with Gasteiger partial charge in [0.25, 0.3) is 0 Å². The van der Waals surface area contributed by atoms with E-state index in [4.69, 9.17) is 5.11 Å². The summed E-state index contributed by atoms with van der Waals surface area (Å²) < 4.78 is 23.3. The fourth-order valence-electron chi connectivity index (χ4n) is 2.26. The van der Waals surface area contributed by atoms with Crippen LogP contribution in [-0.4, -0.2) is 41.2 Å². The quantitative estimate of drug-likeness (QED) is 0.808. The van der Waals surface area contributed by atoms with Gasteiger partial charge in [0.15, 0.2) is 15.5 Å². The average Bonchev–Trinajstić information content (AvgIpc) is 2.64. The molecule has 1 atom stereocenters. The van der Waals surface area contributed by atoms with Gasteiger partial charge in [0.1, 0.15) is 0 Å². The Morgan fingerprint density at radius 1 is 1.59 bits per heavy atom. The number of aromatic carboxylic acids is 1. The molecule has 2 rings (SSSR count). The molecule has 0 radical (unpaired) electrons. The third-order valence-electron chi connectivity index (χ3n) is 3.17. The lowest BCUT2D eigenvalue weighted by atomic mass is 9.84. The maximum atomic E-state index is 11.6. The van der Waals surface area contributed by atoms with Crippen LogP contribution >= 0.6 is 0 Å².